The van der Waals surface area contributed by atoms with Gasteiger partial charge in [0.1, 0.15) is 0 Å². The van der Waals surface area contributed by atoms with Crippen molar-refractivity contribution in [2.45, 2.75) is 43.3 Å². The average Bonchev–Trinajstić information content (AvgIpc) is 3.19. The van der Waals surface area contributed by atoms with Gasteiger partial charge in [-0.3, -0.25) is 9.00 Å². The van der Waals surface area contributed by atoms with E-state index in [-0.39, 0.29) is 28.1 Å². The summed E-state index contributed by atoms with van der Waals surface area (Å²) >= 11 is 0. The van der Waals surface area contributed by atoms with Crippen molar-refractivity contribution in [3.05, 3.63) is 0 Å². The lowest BCUT2D eigenvalue weighted by Crippen LogP contribution is -2.54. The molecule has 23 heavy (non-hydrogen) atoms. The van der Waals surface area contributed by atoms with Crippen molar-refractivity contribution in [3.63, 3.8) is 0 Å². The molecule has 0 bridgehead atoms. The van der Waals surface area contributed by atoms with E-state index in [1.807, 2.05) is 4.90 Å². The minimum Gasteiger partial charge on any atom is -0.469 e. The number of hydrogen-bond donors (Lipinski definition) is 1. The van der Waals surface area contributed by atoms with E-state index in [9.17, 15) is 13.8 Å². The molecule has 1 N–H and O–H groups in total. The maximum atomic E-state index is 12.3. The Hall–Kier alpha value is -1.11. The predicted octanol–water partition coefficient (Wildman–Crippen LogP) is 1.27. The van der Waals surface area contributed by atoms with Crippen molar-refractivity contribution in [2.75, 3.05) is 33.0 Å². The fraction of sp³-hybridized carbons (Fsp3) is 0.875. The van der Waals surface area contributed by atoms with Crippen LogP contribution in [-0.2, 0) is 20.3 Å². The number of rotatable bonds is 4. The summed E-state index contributed by atoms with van der Waals surface area (Å²) in [5, 5.41) is 2.97. The number of esters is 1. The van der Waals surface area contributed by atoms with Gasteiger partial charge in [0.25, 0.3) is 0 Å². The first-order valence-electron chi connectivity index (χ1n) is 8.37. The van der Waals surface area contributed by atoms with Crippen molar-refractivity contribution in [3.8, 4) is 0 Å². The highest BCUT2D eigenvalue weighted by Crippen LogP contribution is 2.59. The van der Waals surface area contributed by atoms with E-state index in [4.69, 9.17) is 4.74 Å². The van der Waals surface area contributed by atoms with Gasteiger partial charge in [-0.15, -0.1) is 0 Å². The fourth-order valence-electron chi connectivity index (χ4n) is 4.02. The van der Waals surface area contributed by atoms with Crippen molar-refractivity contribution >= 4 is 22.8 Å². The Labute approximate surface area is 139 Å². The smallest absolute Gasteiger partial charge is 0.317 e. The number of amides is 2. The molecule has 130 valence electrons. The Morgan fingerprint density at radius 3 is 2.39 bits per heavy atom. The zero-order valence-electron chi connectivity index (χ0n) is 13.9. The van der Waals surface area contributed by atoms with Gasteiger partial charge in [-0.1, -0.05) is 6.42 Å². The Morgan fingerprint density at radius 1 is 1.26 bits per heavy atom. The molecule has 1 saturated heterocycles. The highest BCUT2D eigenvalue weighted by atomic mass is 32.2. The van der Waals surface area contributed by atoms with Crippen LogP contribution in [0.5, 0.6) is 0 Å². The third-order valence-corrected chi connectivity index (χ3v) is 7.93. The summed E-state index contributed by atoms with van der Waals surface area (Å²) in [4.78, 5) is 25.8. The molecule has 0 aromatic heterocycles. The molecule has 1 spiro atoms. The molecule has 2 aliphatic carbocycles. The lowest BCUT2D eigenvalue weighted by molar-refractivity contribution is -0.143. The second-order valence-electron chi connectivity index (χ2n) is 7.28. The normalized spacial score (nSPS) is 28.6. The van der Waals surface area contributed by atoms with E-state index in [1.165, 1.54) is 7.11 Å². The van der Waals surface area contributed by atoms with E-state index in [2.05, 4.69) is 5.32 Å². The minimum atomic E-state index is -0.902. The fourth-order valence-corrected chi connectivity index (χ4v) is 5.16. The number of hydrogen-bond acceptors (Lipinski definition) is 4. The molecule has 2 atom stereocenters. The Kier molecular flexibility index (Phi) is 4.42. The van der Waals surface area contributed by atoms with Crippen molar-refractivity contribution in [1.29, 1.82) is 0 Å². The quantitative estimate of drug-likeness (QED) is 0.781. The number of nitrogens with one attached hydrogen (secondary N) is 1. The maximum absolute atomic E-state index is 12.3. The second-order valence-corrected chi connectivity index (χ2v) is 9.05. The van der Waals surface area contributed by atoms with Crippen LogP contribution in [0.2, 0.25) is 0 Å². The van der Waals surface area contributed by atoms with Crippen LogP contribution in [0, 0.1) is 11.3 Å². The maximum Gasteiger partial charge on any atom is 0.317 e. The van der Waals surface area contributed by atoms with Gasteiger partial charge < -0.3 is 15.0 Å². The van der Waals surface area contributed by atoms with Crippen molar-refractivity contribution in [1.82, 2.24) is 10.2 Å². The van der Waals surface area contributed by atoms with E-state index in [1.54, 1.807) is 6.26 Å². The molecular weight excluding hydrogens is 316 g/mol. The molecular formula is C16H26N2O4S. The molecule has 2 unspecified atom stereocenters. The van der Waals surface area contributed by atoms with E-state index in [0.717, 1.165) is 38.5 Å². The lowest BCUT2D eigenvalue weighted by atomic mass is 9.84. The van der Waals surface area contributed by atoms with Crippen LogP contribution in [0.4, 0.5) is 4.79 Å². The van der Waals surface area contributed by atoms with Gasteiger partial charge in [0, 0.05) is 36.7 Å². The summed E-state index contributed by atoms with van der Waals surface area (Å²) in [5.41, 5.74) is 0.0734. The van der Waals surface area contributed by atoms with Crippen LogP contribution in [0.1, 0.15) is 38.5 Å². The highest BCUT2D eigenvalue weighted by molar-refractivity contribution is 7.85. The van der Waals surface area contributed by atoms with Crippen LogP contribution in [0.3, 0.4) is 0 Å². The Morgan fingerprint density at radius 2 is 1.91 bits per heavy atom. The van der Waals surface area contributed by atoms with Gasteiger partial charge >= 0.3 is 12.0 Å². The topological polar surface area (TPSA) is 75.7 Å². The molecule has 1 aliphatic heterocycles. The zero-order chi connectivity index (χ0) is 16.7. The van der Waals surface area contributed by atoms with Gasteiger partial charge in [0.05, 0.1) is 17.8 Å². The number of urea groups is 1. The van der Waals surface area contributed by atoms with Gasteiger partial charge in [-0.05, 0) is 37.5 Å². The number of methoxy groups -OCH3 is 1. The van der Waals surface area contributed by atoms with Gasteiger partial charge in [0.15, 0.2) is 0 Å². The summed E-state index contributed by atoms with van der Waals surface area (Å²) < 4.78 is 16.5. The summed E-state index contributed by atoms with van der Waals surface area (Å²) in [6.07, 6.45) is 7.32. The highest BCUT2D eigenvalue weighted by Gasteiger charge is 2.59. The first-order valence-corrected chi connectivity index (χ1v) is 9.92. The number of carbonyl (C=O) groups is 2. The van der Waals surface area contributed by atoms with E-state index >= 15 is 0 Å². The van der Waals surface area contributed by atoms with E-state index in [0.29, 0.717) is 19.6 Å². The van der Waals surface area contributed by atoms with Crippen molar-refractivity contribution < 1.29 is 18.5 Å². The SMILES string of the molecule is COC(=O)C1CC12CCN(C(=O)NCC1(S(C)=O)CCC1)CC2. The first-order chi connectivity index (χ1) is 10.9. The number of ether oxygens (including phenoxy) is 1. The van der Waals surface area contributed by atoms with Gasteiger partial charge in [0.2, 0.25) is 0 Å². The molecule has 2 amide bonds. The number of piperidine rings is 1. The molecule has 0 aromatic carbocycles. The molecule has 0 radical (unpaired) electrons. The lowest BCUT2D eigenvalue weighted by Gasteiger charge is -2.40. The molecule has 3 fully saturated rings. The zero-order valence-corrected chi connectivity index (χ0v) is 14.7. The first kappa shape index (κ1) is 16.7. The van der Waals surface area contributed by atoms with Crippen molar-refractivity contribution in [2.24, 2.45) is 11.3 Å². The van der Waals surface area contributed by atoms with Crippen LogP contribution < -0.4 is 5.32 Å². The molecule has 3 aliphatic rings. The third kappa shape index (κ3) is 2.99. The van der Waals surface area contributed by atoms with Crippen LogP contribution >= 0.6 is 0 Å². The standard InChI is InChI=1S/C16H26N2O4S/c1-22-13(19)12-10-15(12)6-8-18(9-7-15)14(20)17-11-16(23(2)21)4-3-5-16/h12H,3-11H2,1-2H3,(H,17,20). The molecule has 7 heteroatoms. The number of nitrogens with zero attached hydrogens (tertiary/aromatic N) is 1. The minimum absolute atomic E-state index is 0.0264. The predicted molar refractivity (Wildman–Crippen MR) is 87.4 cm³/mol. The van der Waals surface area contributed by atoms with Gasteiger partial charge in [-0.25, -0.2) is 4.79 Å². The Bertz CT molecular complexity index is 524. The van der Waals surface area contributed by atoms with Crippen LogP contribution in [0.15, 0.2) is 0 Å². The monoisotopic (exact) mass is 342 g/mol. The molecule has 2 saturated carbocycles. The molecule has 1 heterocycles. The largest absolute Gasteiger partial charge is 0.469 e. The second kappa shape index (κ2) is 6.07. The average molecular weight is 342 g/mol. The number of likely N-dealkylation sites (tertiary alicyclic amines) is 1. The Balaban J connectivity index is 1.46. The van der Waals surface area contributed by atoms with Crippen LogP contribution in [0.25, 0.3) is 0 Å². The summed E-state index contributed by atoms with van der Waals surface area (Å²) in [5.74, 6) is -0.0845. The summed E-state index contributed by atoms with van der Waals surface area (Å²) in [6, 6.07) is -0.0631. The molecule has 3 rings (SSSR count). The van der Waals surface area contributed by atoms with E-state index < -0.39 is 10.8 Å². The molecule has 0 aromatic rings. The summed E-state index contributed by atoms with van der Waals surface area (Å²) in [6.45, 7) is 1.87. The summed E-state index contributed by atoms with van der Waals surface area (Å²) in [7, 11) is 0.534. The van der Waals surface area contributed by atoms with Gasteiger partial charge in [-0.2, -0.15) is 0 Å². The third-order valence-electron chi connectivity index (χ3n) is 6.16. The number of carbonyl (C=O) groups excluding carboxylic acids is 2. The molecule has 6 nitrogen and oxygen atoms in total. The van der Waals surface area contributed by atoms with Crippen LogP contribution in [-0.4, -0.2) is 58.9 Å².